The largest absolute Gasteiger partial charge is 0.507 e. The first-order valence-electron chi connectivity index (χ1n) is 16.5. The number of hydrogen-bond acceptors (Lipinski definition) is 7. The lowest BCUT2D eigenvalue weighted by Gasteiger charge is -2.31. The fraction of sp³-hybridized carbons (Fsp3) is 0.286. The van der Waals surface area contributed by atoms with E-state index in [4.69, 9.17) is 0 Å². The summed E-state index contributed by atoms with van der Waals surface area (Å²) in [5, 5.41) is 60.2. The second-order valence-electron chi connectivity index (χ2n) is 13.9. The maximum atomic E-state index is 10.4. The minimum absolute atomic E-state index is 0.0776. The zero-order valence-electron chi connectivity index (χ0n) is 29.1. The Balaban J connectivity index is 1.55. The molecule has 0 saturated carbocycles. The highest BCUT2D eigenvalue weighted by molar-refractivity contribution is 5.77. The van der Waals surface area contributed by atoms with Crippen LogP contribution in [0.4, 0.5) is 17.1 Å². The van der Waals surface area contributed by atoms with Crippen LogP contribution in [0.3, 0.4) is 0 Å². The lowest BCUT2D eigenvalue weighted by molar-refractivity contribution is 0.262. The van der Waals surface area contributed by atoms with E-state index in [1.807, 2.05) is 0 Å². The highest BCUT2D eigenvalue weighted by atomic mass is 16.3. The van der Waals surface area contributed by atoms with Gasteiger partial charge in [0.1, 0.15) is 11.5 Å². The van der Waals surface area contributed by atoms with Crippen molar-refractivity contribution in [2.45, 2.75) is 78.8 Å². The number of anilines is 3. The highest BCUT2D eigenvalue weighted by Crippen LogP contribution is 2.41. The van der Waals surface area contributed by atoms with E-state index in [1.165, 1.54) is 11.1 Å². The number of aliphatic hydroxyl groups excluding tert-OH is 4. The lowest BCUT2D eigenvalue weighted by Crippen LogP contribution is -2.20. The van der Waals surface area contributed by atoms with Gasteiger partial charge in [0.15, 0.2) is 0 Å². The van der Waals surface area contributed by atoms with E-state index in [-0.39, 0.29) is 37.9 Å². The van der Waals surface area contributed by atoms with E-state index >= 15 is 0 Å². The van der Waals surface area contributed by atoms with E-state index in [1.54, 1.807) is 24.3 Å². The van der Waals surface area contributed by atoms with Gasteiger partial charge in [0, 0.05) is 50.1 Å². The maximum Gasteiger partial charge on any atom is 0.126 e. The molecule has 0 amide bonds. The van der Waals surface area contributed by atoms with Gasteiger partial charge in [-0.25, -0.2) is 0 Å². The van der Waals surface area contributed by atoms with Crippen LogP contribution < -0.4 is 4.90 Å². The average molecular weight is 662 g/mol. The minimum atomic E-state index is -0.488. The van der Waals surface area contributed by atoms with Crippen molar-refractivity contribution in [2.75, 3.05) is 4.90 Å². The van der Waals surface area contributed by atoms with Crippen molar-refractivity contribution in [2.24, 2.45) is 0 Å². The van der Waals surface area contributed by atoms with Gasteiger partial charge < -0.3 is 35.5 Å². The first-order chi connectivity index (χ1) is 23.3. The molecule has 256 valence electrons. The fourth-order valence-corrected chi connectivity index (χ4v) is 6.42. The maximum absolute atomic E-state index is 10.4. The Morgan fingerprint density at radius 2 is 0.755 bits per heavy atom. The smallest absolute Gasteiger partial charge is 0.126 e. The Morgan fingerprint density at radius 1 is 0.429 bits per heavy atom. The Morgan fingerprint density at radius 3 is 1.06 bits per heavy atom. The standard InChI is InChI=1S/C42H47NO6/c1-26-7-12-38(17-27(26)2)43(36-13-8-32(9-14-36)41(3,4)34-18-28(22-44)39(48)29(19-34)23-45)37-15-10-33(11-16-37)42(5,6)35-20-30(24-46)40(49)31(21-35)25-47/h7-21,44-49H,22-25H2,1-6H3. The van der Waals surface area contributed by atoms with Gasteiger partial charge >= 0.3 is 0 Å². The topological polar surface area (TPSA) is 125 Å². The van der Waals surface area contributed by atoms with Crippen LogP contribution in [-0.4, -0.2) is 30.6 Å². The van der Waals surface area contributed by atoms with Crippen molar-refractivity contribution in [3.8, 4) is 11.5 Å². The third-order valence-electron chi connectivity index (χ3n) is 10.1. The summed E-state index contributed by atoms with van der Waals surface area (Å²) >= 11 is 0. The molecule has 0 bridgehead atoms. The Bertz CT molecular complexity index is 1780. The summed E-state index contributed by atoms with van der Waals surface area (Å²) in [7, 11) is 0. The third kappa shape index (κ3) is 6.80. The summed E-state index contributed by atoms with van der Waals surface area (Å²) in [5.74, 6) is -0.155. The van der Waals surface area contributed by atoms with Crippen LogP contribution in [0, 0.1) is 13.8 Å². The summed E-state index contributed by atoms with van der Waals surface area (Å²) in [4.78, 5) is 2.21. The SMILES string of the molecule is Cc1ccc(N(c2ccc(C(C)(C)c3cc(CO)c(O)c(CO)c3)cc2)c2ccc(C(C)(C)c3cc(CO)c(O)c(CO)c3)cc2)cc1C. The van der Waals surface area contributed by atoms with Crippen molar-refractivity contribution in [3.05, 3.63) is 147 Å². The molecule has 0 aromatic heterocycles. The first-order valence-corrected chi connectivity index (χ1v) is 16.5. The minimum Gasteiger partial charge on any atom is -0.507 e. The molecule has 0 atom stereocenters. The summed E-state index contributed by atoms with van der Waals surface area (Å²) in [5.41, 5.74) is 9.69. The first kappa shape index (κ1) is 35.6. The molecule has 7 heteroatoms. The average Bonchev–Trinajstić information content (AvgIpc) is 3.10. The third-order valence-corrected chi connectivity index (χ3v) is 10.1. The van der Waals surface area contributed by atoms with E-state index < -0.39 is 10.8 Å². The molecule has 6 N–H and O–H groups in total. The number of aromatic hydroxyl groups is 2. The lowest BCUT2D eigenvalue weighted by atomic mass is 9.76. The van der Waals surface area contributed by atoms with Crippen molar-refractivity contribution >= 4 is 17.1 Å². The predicted octanol–water partition coefficient (Wildman–Crippen LogP) is 7.81. The fourth-order valence-electron chi connectivity index (χ4n) is 6.42. The number of aliphatic hydroxyl groups is 4. The molecule has 5 aromatic carbocycles. The molecule has 7 nitrogen and oxygen atoms in total. The quantitative estimate of drug-likeness (QED) is 0.0853. The molecule has 5 aromatic rings. The Hall–Kier alpha value is -4.66. The molecule has 0 heterocycles. The van der Waals surface area contributed by atoms with Gasteiger partial charge in [-0.1, -0.05) is 58.0 Å². The van der Waals surface area contributed by atoms with E-state index in [0.717, 1.165) is 39.3 Å². The van der Waals surface area contributed by atoms with Crippen LogP contribution in [0.1, 0.15) is 83.3 Å². The molecule has 49 heavy (non-hydrogen) atoms. The predicted molar refractivity (Wildman–Crippen MR) is 195 cm³/mol. The molecule has 0 aliphatic heterocycles. The van der Waals surface area contributed by atoms with Crippen LogP contribution in [-0.2, 0) is 37.3 Å². The molecule has 0 fully saturated rings. The Kier molecular flexibility index (Phi) is 10.2. The molecule has 0 saturated heterocycles. The molecule has 5 rings (SSSR count). The van der Waals surface area contributed by atoms with Gasteiger partial charge in [-0.15, -0.1) is 0 Å². The summed E-state index contributed by atoms with van der Waals surface area (Å²) in [6, 6.07) is 30.3. The number of aryl methyl sites for hydroxylation is 2. The monoisotopic (exact) mass is 661 g/mol. The van der Waals surface area contributed by atoms with Crippen molar-refractivity contribution in [1.82, 2.24) is 0 Å². The number of phenols is 2. The number of rotatable bonds is 11. The van der Waals surface area contributed by atoms with Gasteiger partial charge in [0.25, 0.3) is 0 Å². The second kappa shape index (κ2) is 14.1. The van der Waals surface area contributed by atoms with Crippen LogP contribution in [0.5, 0.6) is 11.5 Å². The summed E-state index contributed by atoms with van der Waals surface area (Å²) in [6.07, 6.45) is 0. The molecule has 0 aliphatic rings. The van der Waals surface area contributed by atoms with Crippen LogP contribution in [0.15, 0.2) is 91.0 Å². The molecule has 0 aliphatic carbocycles. The molecule has 0 spiro atoms. The molecule has 0 unspecified atom stereocenters. The van der Waals surface area contributed by atoms with Crippen molar-refractivity contribution < 1.29 is 30.6 Å². The van der Waals surface area contributed by atoms with Crippen molar-refractivity contribution in [3.63, 3.8) is 0 Å². The number of hydrogen-bond donors (Lipinski definition) is 6. The van der Waals surface area contributed by atoms with Gasteiger partial charge in [-0.05, 0) is 108 Å². The van der Waals surface area contributed by atoms with Gasteiger partial charge in [0.05, 0.1) is 26.4 Å². The molecular weight excluding hydrogens is 614 g/mol. The van der Waals surface area contributed by atoms with Crippen molar-refractivity contribution in [1.29, 1.82) is 0 Å². The zero-order valence-corrected chi connectivity index (χ0v) is 29.1. The normalized spacial score (nSPS) is 12.0. The molecule has 0 radical (unpaired) electrons. The van der Waals surface area contributed by atoms with E-state index in [9.17, 15) is 30.6 Å². The van der Waals surface area contributed by atoms with Gasteiger partial charge in [-0.3, -0.25) is 0 Å². The van der Waals surface area contributed by atoms with Crippen LogP contribution in [0.25, 0.3) is 0 Å². The zero-order chi connectivity index (χ0) is 35.7. The van der Waals surface area contributed by atoms with Crippen LogP contribution in [0.2, 0.25) is 0 Å². The number of nitrogens with zero attached hydrogens (tertiary/aromatic N) is 1. The van der Waals surface area contributed by atoms with Gasteiger partial charge in [-0.2, -0.15) is 0 Å². The van der Waals surface area contributed by atoms with E-state index in [0.29, 0.717) is 22.3 Å². The summed E-state index contributed by atoms with van der Waals surface area (Å²) < 4.78 is 0. The van der Waals surface area contributed by atoms with Crippen LogP contribution >= 0.6 is 0 Å². The van der Waals surface area contributed by atoms with E-state index in [2.05, 4.69) is 113 Å². The summed E-state index contributed by atoms with van der Waals surface area (Å²) in [6.45, 7) is 11.2. The Labute approximate surface area is 289 Å². The highest BCUT2D eigenvalue weighted by Gasteiger charge is 2.28. The van der Waals surface area contributed by atoms with Gasteiger partial charge in [0.2, 0.25) is 0 Å². The molecular formula is C42H47NO6. The number of benzene rings is 5. The second-order valence-corrected chi connectivity index (χ2v) is 13.9.